The fourth-order valence-electron chi connectivity index (χ4n) is 3.99. The van der Waals surface area contributed by atoms with Crippen LogP contribution in [-0.4, -0.2) is 35.3 Å². The number of aromatic nitrogens is 1. The summed E-state index contributed by atoms with van der Waals surface area (Å²) >= 11 is 1.26. The summed E-state index contributed by atoms with van der Waals surface area (Å²) in [5, 5.41) is 9.64. The summed E-state index contributed by atoms with van der Waals surface area (Å²) in [6, 6.07) is 23.6. The van der Waals surface area contributed by atoms with Crippen molar-refractivity contribution in [3.63, 3.8) is 0 Å². The lowest BCUT2D eigenvalue weighted by Gasteiger charge is -2.20. The number of amides is 1. The quantitative estimate of drug-likeness (QED) is 0.474. The van der Waals surface area contributed by atoms with Crippen molar-refractivity contribution in [2.24, 2.45) is 0 Å². The van der Waals surface area contributed by atoms with E-state index in [1.54, 1.807) is 0 Å². The number of carboxylic acid groups (broad SMARTS) is 1. The van der Waals surface area contributed by atoms with Crippen LogP contribution >= 0.6 is 11.3 Å². The van der Waals surface area contributed by atoms with Gasteiger partial charge >= 0.3 is 12.1 Å². The van der Waals surface area contributed by atoms with Gasteiger partial charge < -0.3 is 9.84 Å². The van der Waals surface area contributed by atoms with Crippen molar-refractivity contribution in [3.8, 4) is 11.1 Å². The first-order valence-corrected chi connectivity index (χ1v) is 10.6. The minimum absolute atomic E-state index is 0.0987. The van der Waals surface area contributed by atoms with Gasteiger partial charge in [0.15, 0.2) is 5.13 Å². The molecule has 0 bridgehead atoms. The van der Waals surface area contributed by atoms with Crippen LogP contribution in [-0.2, 0) is 9.53 Å². The Morgan fingerprint density at radius 3 is 2.19 bits per heavy atom. The molecule has 3 aromatic carbocycles. The van der Waals surface area contributed by atoms with Crippen LogP contribution < -0.4 is 4.90 Å². The van der Waals surface area contributed by atoms with Crippen LogP contribution in [0, 0.1) is 0 Å². The Labute approximate surface area is 182 Å². The minimum atomic E-state index is -1.13. The lowest BCUT2D eigenvalue weighted by Crippen LogP contribution is -2.36. The molecule has 1 heterocycles. The summed E-state index contributed by atoms with van der Waals surface area (Å²) in [6.07, 6.45) is -0.719. The zero-order valence-electron chi connectivity index (χ0n) is 16.4. The minimum Gasteiger partial charge on any atom is -0.480 e. The zero-order valence-corrected chi connectivity index (χ0v) is 17.2. The molecular weight excluding hydrogens is 412 g/mol. The van der Waals surface area contributed by atoms with Gasteiger partial charge in [-0.15, -0.1) is 0 Å². The molecule has 1 aromatic heterocycles. The van der Waals surface area contributed by atoms with Gasteiger partial charge in [-0.05, 0) is 34.4 Å². The fourth-order valence-corrected chi connectivity index (χ4v) is 4.95. The van der Waals surface area contributed by atoms with Crippen LogP contribution in [0.1, 0.15) is 17.0 Å². The summed E-state index contributed by atoms with van der Waals surface area (Å²) in [4.78, 5) is 29.9. The van der Waals surface area contributed by atoms with Gasteiger partial charge in [-0.25, -0.2) is 14.7 Å². The number of rotatable bonds is 5. The van der Waals surface area contributed by atoms with E-state index < -0.39 is 18.6 Å². The van der Waals surface area contributed by atoms with E-state index in [-0.39, 0.29) is 12.5 Å². The second-order valence-corrected chi connectivity index (χ2v) is 8.26. The molecule has 0 radical (unpaired) electrons. The maximum atomic E-state index is 12.9. The van der Waals surface area contributed by atoms with Crippen molar-refractivity contribution in [1.29, 1.82) is 0 Å². The largest absolute Gasteiger partial charge is 0.480 e. The van der Waals surface area contributed by atoms with E-state index in [0.29, 0.717) is 10.6 Å². The number of fused-ring (bicyclic) bond motifs is 4. The Morgan fingerprint density at radius 1 is 0.935 bits per heavy atom. The molecule has 0 atom stereocenters. The van der Waals surface area contributed by atoms with Crippen molar-refractivity contribution in [1.82, 2.24) is 4.98 Å². The summed E-state index contributed by atoms with van der Waals surface area (Å²) in [5.41, 5.74) is 5.17. The first-order valence-electron chi connectivity index (χ1n) is 9.81. The van der Waals surface area contributed by atoms with Crippen LogP contribution in [0.4, 0.5) is 9.93 Å². The first kappa shape index (κ1) is 19.3. The molecule has 5 rings (SSSR count). The average Bonchev–Trinajstić information content (AvgIpc) is 3.35. The molecule has 1 aliphatic carbocycles. The topological polar surface area (TPSA) is 79.7 Å². The monoisotopic (exact) mass is 430 g/mol. The number of aliphatic carboxylic acids is 1. The number of ether oxygens (including phenoxy) is 1. The summed E-state index contributed by atoms with van der Waals surface area (Å²) in [5.74, 6) is -1.23. The SMILES string of the molecule is O=C(O)CN(C(=O)OCC1c2ccccc2-c2ccccc21)c1nc2ccccc2s1. The van der Waals surface area contributed by atoms with Crippen LogP contribution in [0.2, 0.25) is 0 Å². The Balaban J connectivity index is 1.41. The maximum Gasteiger partial charge on any atom is 0.416 e. The van der Waals surface area contributed by atoms with Crippen LogP contribution in [0.3, 0.4) is 0 Å². The van der Waals surface area contributed by atoms with E-state index in [4.69, 9.17) is 4.74 Å². The predicted molar refractivity (Wildman–Crippen MR) is 120 cm³/mol. The highest BCUT2D eigenvalue weighted by atomic mass is 32.1. The molecule has 0 fully saturated rings. The van der Waals surface area contributed by atoms with Crippen molar-refractivity contribution >= 4 is 38.7 Å². The number of nitrogens with zero attached hydrogens (tertiary/aromatic N) is 2. The normalized spacial score (nSPS) is 12.4. The number of carboxylic acids is 1. The molecule has 154 valence electrons. The van der Waals surface area contributed by atoms with Crippen molar-refractivity contribution in [2.45, 2.75) is 5.92 Å². The van der Waals surface area contributed by atoms with E-state index in [1.807, 2.05) is 60.7 Å². The molecule has 0 saturated heterocycles. The molecule has 1 N–H and O–H groups in total. The van der Waals surface area contributed by atoms with Gasteiger partial charge in [0.05, 0.1) is 10.2 Å². The second kappa shape index (κ2) is 7.85. The number of hydrogen-bond donors (Lipinski definition) is 1. The van der Waals surface area contributed by atoms with Gasteiger partial charge in [-0.2, -0.15) is 0 Å². The first-order chi connectivity index (χ1) is 15.1. The van der Waals surface area contributed by atoms with E-state index >= 15 is 0 Å². The predicted octanol–water partition coefficient (Wildman–Crippen LogP) is 5.14. The third-order valence-corrected chi connectivity index (χ3v) is 6.42. The van der Waals surface area contributed by atoms with Gasteiger partial charge in [0.2, 0.25) is 0 Å². The second-order valence-electron chi connectivity index (χ2n) is 7.25. The lowest BCUT2D eigenvalue weighted by atomic mass is 9.98. The highest BCUT2D eigenvalue weighted by Crippen LogP contribution is 2.44. The van der Waals surface area contributed by atoms with Gasteiger partial charge in [-0.3, -0.25) is 4.79 Å². The van der Waals surface area contributed by atoms with E-state index in [1.165, 1.54) is 11.3 Å². The van der Waals surface area contributed by atoms with E-state index in [2.05, 4.69) is 17.1 Å². The molecule has 7 heteroatoms. The van der Waals surface area contributed by atoms with Crippen LogP contribution in [0.15, 0.2) is 72.8 Å². The summed E-state index contributed by atoms with van der Waals surface area (Å²) in [6.45, 7) is -0.398. The lowest BCUT2D eigenvalue weighted by molar-refractivity contribution is -0.135. The fraction of sp³-hybridized carbons (Fsp3) is 0.125. The summed E-state index contributed by atoms with van der Waals surface area (Å²) in [7, 11) is 0. The van der Waals surface area contributed by atoms with Gasteiger partial charge in [0.1, 0.15) is 13.2 Å². The molecule has 31 heavy (non-hydrogen) atoms. The van der Waals surface area contributed by atoms with Gasteiger partial charge in [0, 0.05) is 5.92 Å². The number of thiazole rings is 1. The number of carbonyl (C=O) groups excluding carboxylic acids is 1. The standard InChI is InChI=1S/C24H18N2O4S/c27-22(28)13-26(23-25-20-11-5-6-12-21(20)31-23)24(29)30-14-19-17-9-3-1-7-15(17)16-8-2-4-10-18(16)19/h1-12,19H,13-14H2,(H,27,28). The van der Waals surface area contributed by atoms with Crippen molar-refractivity contribution in [3.05, 3.63) is 83.9 Å². The number of para-hydroxylation sites is 1. The van der Waals surface area contributed by atoms with Crippen LogP contribution in [0.25, 0.3) is 21.3 Å². The molecule has 0 unspecified atom stereocenters. The van der Waals surface area contributed by atoms with Crippen molar-refractivity contribution < 1.29 is 19.4 Å². The summed E-state index contributed by atoms with van der Waals surface area (Å²) < 4.78 is 6.52. The van der Waals surface area contributed by atoms with Crippen LogP contribution in [0.5, 0.6) is 0 Å². The number of carbonyl (C=O) groups is 2. The van der Waals surface area contributed by atoms with E-state index in [9.17, 15) is 14.7 Å². The zero-order chi connectivity index (χ0) is 21.4. The van der Waals surface area contributed by atoms with Gasteiger partial charge in [-0.1, -0.05) is 72.0 Å². The van der Waals surface area contributed by atoms with Crippen molar-refractivity contribution in [2.75, 3.05) is 18.1 Å². The Kier molecular flexibility index (Phi) is 4.88. The molecule has 0 aliphatic heterocycles. The molecule has 4 aromatic rings. The number of benzene rings is 3. The third kappa shape index (κ3) is 3.53. The molecule has 6 nitrogen and oxygen atoms in total. The average molecular weight is 430 g/mol. The smallest absolute Gasteiger partial charge is 0.416 e. The van der Waals surface area contributed by atoms with Gasteiger partial charge in [0.25, 0.3) is 0 Å². The Morgan fingerprint density at radius 2 is 1.55 bits per heavy atom. The Hall–Kier alpha value is -3.71. The maximum absolute atomic E-state index is 12.9. The molecule has 1 aliphatic rings. The molecule has 1 amide bonds. The van der Waals surface area contributed by atoms with E-state index in [0.717, 1.165) is 31.9 Å². The highest BCUT2D eigenvalue weighted by molar-refractivity contribution is 7.22. The molecular formula is C24H18N2O4S. The molecule has 0 spiro atoms. The third-order valence-electron chi connectivity index (χ3n) is 5.36. The number of hydrogen-bond acceptors (Lipinski definition) is 5. The number of anilines is 1. The molecule has 0 saturated carbocycles. The Bertz CT molecular complexity index is 1220. The highest BCUT2D eigenvalue weighted by Gasteiger charge is 2.31.